The van der Waals surface area contributed by atoms with E-state index in [1.165, 1.54) is 11.3 Å². The van der Waals surface area contributed by atoms with Gasteiger partial charge in [-0.25, -0.2) is 4.98 Å². The highest BCUT2D eigenvalue weighted by Gasteiger charge is 2.35. The van der Waals surface area contributed by atoms with Crippen LogP contribution < -0.4 is 19.9 Å². The minimum absolute atomic E-state index is 0.0958. The number of fused-ring (bicyclic) bond motifs is 2. The number of hydrogen-bond donors (Lipinski definition) is 1. The molecule has 0 saturated heterocycles. The fourth-order valence-corrected chi connectivity index (χ4v) is 5.59. The van der Waals surface area contributed by atoms with Gasteiger partial charge in [-0.05, 0) is 31.0 Å². The van der Waals surface area contributed by atoms with Crippen LogP contribution in [-0.2, 0) is 4.79 Å². The van der Waals surface area contributed by atoms with Gasteiger partial charge in [0.25, 0.3) is 11.8 Å². The number of amides is 2. The first-order chi connectivity index (χ1) is 14.9. The maximum Gasteiger partial charge on any atom is 0.268 e. The molecule has 1 aliphatic heterocycles. The SMILES string of the molecule is CCC(CC)NC(=O)C1CN(C(=O)c2cc3sc(N(C)C)nc3s2)c2ccccc2O1. The quantitative estimate of drug-likeness (QED) is 0.601. The lowest BCUT2D eigenvalue weighted by Gasteiger charge is -2.34. The monoisotopic (exact) mass is 458 g/mol. The van der Waals surface area contributed by atoms with Crippen molar-refractivity contribution in [3.63, 3.8) is 0 Å². The van der Waals surface area contributed by atoms with E-state index in [1.54, 1.807) is 22.3 Å². The number of nitrogens with one attached hydrogen (secondary N) is 1. The smallest absolute Gasteiger partial charge is 0.268 e. The molecule has 9 heteroatoms. The van der Waals surface area contributed by atoms with Crippen LogP contribution in [-0.4, -0.2) is 49.6 Å². The molecule has 0 aliphatic carbocycles. The second kappa shape index (κ2) is 8.84. The lowest BCUT2D eigenvalue weighted by molar-refractivity contribution is -0.128. The summed E-state index contributed by atoms with van der Waals surface area (Å²) in [5, 5.41) is 3.95. The van der Waals surface area contributed by atoms with Gasteiger partial charge in [0.05, 0.1) is 21.8 Å². The molecule has 0 saturated carbocycles. The number of thiazole rings is 1. The largest absolute Gasteiger partial charge is 0.477 e. The van der Waals surface area contributed by atoms with E-state index in [1.807, 2.05) is 57.1 Å². The summed E-state index contributed by atoms with van der Waals surface area (Å²) in [6, 6.07) is 9.34. The van der Waals surface area contributed by atoms with E-state index >= 15 is 0 Å². The Morgan fingerprint density at radius 3 is 2.68 bits per heavy atom. The van der Waals surface area contributed by atoms with Crippen molar-refractivity contribution in [2.45, 2.75) is 38.8 Å². The van der Waals surface area contributed by atoms with Crippen LogP contribution in [0.3, 0.4) is 0 Å². The van der Waals surface area contributed by atoms with E-state index in [2.05, 4.69) is 10.3 Å². The summed E-state index contributed by atoms with van der Waals surface area (Å²) in [5.41, 5.74) is 0.678. The number of nitrogens with zero attached hydrogens (tertiary/aromatic N) is 3. The van der Waals surface area contributed by atoms with Crippen molar-refractivity contribution in [1.29, 1.82) is 0 Å². The van der Waals surface area contributed by atoms with Crippen molar-refractivity contribution >= 4 is 54.8 Å². The molecular weight excluding hydrogens is 432 g/mol. The van der Waals surface area contributed by atoms with E-state index in [9.17, 15) is 9.59 Å². The normalized spacial score (nSPS) is 15.6. The highest BCUT2D eigenvalue weighted by Crippen LogP contribution is 2.38. The molecule has 0 bridgehead atoms. The van der Waals surface area contributed by atoms with Gasteiger partial charge in [0.2, 0.25) is 0 Å². The number of aromatic nitrogens is 1. The Morgan fingerprint density at radius 2 is 2.00 bits per heavy atom. The summed E-state index contributed by atoms with van der Waals surface area (Å²) in [4.78, 5) is 36.0. The fraction of sp³-hybridized carbons (Fsp3) is 0.409. The molecule has 3 heterocycles. The van der Waals surface area contributed by atoms with Crippen molar-refractivity contribution in [3.8, 4) is 5.75 Å². The average Bonchev–Trinajstić information content (AvgIpc) is 3.35. The standard InChI is InChI=1S/C22H26N4O3S2/c1-5-13(6-2)23-19(27)16-12-26(14-9-7-8-10-15(14)29-16)21(28)18-11-17-20(30-18)24-22(31-17)25(3)4/h7-11,13,16H,5-6,12H2,1-4H3,(H,23,27). The van der Waals surface area contributed by atoms with Crippen molar-refractivity contribution in [2.24, 2.45) is 0 Å². The van der Waals surface area contributed by atoms with E-state index < -0.39 is 6.10 Å². The van der Waals surface area contributed by atoms with Crippen LogP contribution in [0.5, 0.6) is 5.75 Å². The third-order valence-corrected chi connectivity index (χ3v) is 7.63. The van der Waals surface area contributed by atoms with Crippen LogP contribution in [0.15, 0.2) is 30.3 Å². The van der Waals surface area contributed by atoms with Gasteiger partial charge in [0.15, 0.2) is 11.2 Å². The van der Waals surface area contributed by atoms with Crippen molar-refractivity contribution < 1.29 is 14.3 Å². The molecule has 1 aromatic carbocycles. The summed E-state index contributed by atoms with van der Waals surface area (Å²) in [7, 11) is 3.90. The molecule has 0 spiro atoms. The predicted octanol–water partition coefficient (Wildman–Crippen LogP) is 4.14. The molecule has 164 valence electrons. The fourth-order valence-electron chi connectivity index (χ4n) is 3.50. The second-order valence-corrected chi connectivity index (χ2v) is 9.72. The minimum Gasteiger partial charge on any atom is -0.477 e. The molecule has 0 fully saturated rings. The Balaban J connectivity index is 1.61. The van der Waals surface area contributed by atoms with Gasteiger partial charge >= 0.3 is 0 Å². The Kier molecular flexibility index (Phi) is 6.15. The van der Waals surface area contributed by atoms with Crippen LogP contribution in [0, 0.1) is 0 Å². The van der Waals surface area contributed by atoms with Crippen LogP contribution in [0.25, 0.3) is 9.53 Å². The zero-order valence-corrected chi connectivity index (χ0v) is 19.7. The number of benzene rings is 1. The summed E-state index contributed by atoms with van der Waals surface area (Å²) in [5.74, 6) is 0.210. The molecule has 1 aliphatic rings. The number of para-hydroxylation sites is 2. The van der Waals surface area contributed by atoms with Gasteiger partial charge in [-0.2, -0.15) is 0 Å². The van der Waals surface area contributed by atoms with Crippen LogP contribution >= 0.6 is 22.7 Å². The zero-order valence-electron chi connectivity index (χ0n) is 18.0. The number of anilines is 2. The minimum atomic E-state index is -0.751. The van der Waals surface area contributed by atoms with Gasteiger partial charge in [-0.15, -0.1) is 11.3 Å². The highest BCUT2D eigenvalue weighted by atomic mass is 32.1. The van der Waals surface area contributed by atoms with Crippen LogP contribution in [0.2, 0.25) is 0 Å². The Hall–Kier alpha value is -2.65. The lowest BCUT2D eigenvalue weighted by atomic mass is 10.1. The molecule has 4 rings (SSSR count). The molecule has 3 aromatic rings. The zero-order chi connectivity index (χ0) is 22.1. The lowest BCUT2D eigenvalue weighted by Crippen LogP contribution is -2.52. The van der Waals surface area contributed by atoms with Crippen LogP contribution in [0.4, 0.5) is 10.8 Å². The Bertz CT molecular complexity index is 1070. The van der Waals surface area contributed by atoms with E-state index in [-0.39, 0.29) is 24.4 Å². The van der Waals surface area contributed by atoms with Crippen LogP contribution in [0.1, 0.15) is 36.4 Å². The molecule has 2 amide bonds. The number of thiophene rings is 1. The average molecular weight is 459 g/mol. The topological polar surface area (TPSA) is 74.8 Å². The summed E-state index contributed by atoms with van der Waals surface area (Å²) in [6.07, 6.45) is 0.948. The Morgan fingerprint density at radius 1 is 1.26 bits per heavy atom. The number of rotatable bonds is 6. The third-order valence-electron chi connectivity index (χ3n) is 5.31. The molecule has 2 aromatic heterocycles. The maximum atomic E-state index is 13.5. The molecule has 1 unspecified atom stereocenters. The van der Waals surface area contributed by atoms with Crippen molar-refractivity contribution in [1.82, 2.24) is 10.3 Å². The predicted molar refractivity (Wildman–Crippen MR) is 127 cm³/mol. The van der Waals surface area contributed by atoms with Gasteiger partial charge in [-0.3, -0.25) is 14.5 Å². The first-order valence-corrected chi connectivity index (χ1v) is 12.0. The molecule has 1 N–H and O–H groups in total. The summed E-state index contributed by atoms with van der Waals surface area (Å²) in [6.45, 7) is 4.25. The third kappa shape index (κ3) is 4.24. The van der Waals surface area contributed by atoms with E-state index in [0.29, 0.717) is 16.3 Å². The highest BCUT2D eigenvalue weighted by molar-refractivity contribution is 7.29. The number of carbonyl (C=O) groups is 2. The van der Waals surface area contributed by atoms with Crippen molar-refractivity contribution in [3.05, 3.63) is 35.2 Å². The van der Waals surface area contributed by atoms with E-state index in [4.69, 9.17) is 4.74 Å². The molecule has 31 heavy (non-hydrogen) atoms. The van der Waals surface area contributed by atoms with Gasteiger partial charge in [0.1, 0.15) is 10.6 Å². The van der Waals surface area contributed by atoms with Gasteiger partial charge in [-0.1, -0.05) is 37.3 Å². The number of hydrogen-bond acceptors (Lipinski definition) is 7. The molecule has 1 atom stereocenters. The second-order valence-electron chi connectivity index (χ2n) is 7.68. The number of carbonyl (C=O) groups excluding carboxylic acids is 2. The molecule has 0 radical (unpaired) electrons. The first kappa shape index (κ1) is 21.6. The maximum absolute atomic E-state index is 13.5. The van der Waals surface area contributed by atoms with E-state index in [0.717, 1.165) is 27.5 Å². The first-order valence-electron chi connectivity index (χ1n) is 10.4. The summed E-state index contributed by atoms with van der Waals surface area (Å²) < 4.78 is 6.96. The summed E-state index contributed by atoms with van der Waals surface area (Å²) >= 11 is 2.94. The molecule has 7 nitrogen and oxygen atoms in total. The number of ether oxygens (including phenoxy) is 1. The molecular formula is C22H26N4O3S2. The van der Waals surface area contributed by atoms with Crippen molar-refractivity contribution in [2.75, 3.05) is 30.4 Å². The Labute approximate surface area is 189 Å². The van der Waals surface area contributed by atoms with Gasteiger partial charge < -0.3 is 15.0 Å². The van der Waals surface area contributed by atoms with Gasteiger partial charge in [0, 0.05) is 20.1 Å².